The molecular weight excluding hydrogens is 408 g/mol. The van der Waals surface area contributed by atoms with Gasteiger partial charge in [-0.1, -0.05) is 23.7 Å². The van der Waals surface area contributed by atoms with Crippen LogP contribution in [0.1, 0.15) is 26.3 Å². The number of hydrazone groups is 1. The lowest BCUT2D eigenvalue weighted by Gasteiger charge is -2.10. The quantitative estimate of drug-likeness (QED) is 0.269. The van der Waals surface area contributed by atoms with Gasteiger partial charge in [-0.2, -0.15) is 5.10 Å². The van der Waals surface area contributed by atoms with E-state index in [1.807, 2.05) is 0 Å². The minimum absolute atomic E-state index is 0.0671. The zero-order valence-electron chi connectivity index (χ0n) is 15.8. The fraction of sp³-hybridized carbons (Fsp3) is 0.0455. The predicted octanol–water partition coefficient (Wildman–Crippen LogP) is 4.04. The number of nitrogens with zero attached hydrogens (tertiary/aromatic N) is 1. The van der Waals surface area contributed by atoms with Crippen LogP contribution in [0.3, 0.4) is 0 Å². The number of phenols is 1. The number of methoxy groups -OCH3 is 1. The first kappa shape index (κ1) is 20.9. The number of hydrogen-bond donors (Lipinski definition) is 2. The molecule has 0 aliphatic heterocycles. The molecule has 3 aromatic carbocycles. The highest BCUT2D eigenvalue weighted by Gasteiger charge is 2.15. The largest absolute Gasteiger partial charge is 0.508 e. The number of esters is 1. The highest BCUT2D eigenvalue weighted by molar-refractivity contribution is 6.33. The normalized spacial score (nSPS) is 10.6. The molecule has 8 heteroatoms. The number of carbonyl (C=O) groups is 2. The van der Waals surface area contributed by atoms with E-state index in [0.29, 0.717) is 16.9 Å². The molecule has 0 unspecified atom stereocenters. The van der Waals surface area contributed by atoms with Crippen molar-refractivity contribution in [1.82, 2.24) is 5.43 Å². The van der Waals surface area contributed by atoms with Crippen molar-refractivity contribution in [3.8, 4) is 17.2 Å². The smallest absolute Gasteiger partial charge is 0.345 e. The SMILES string of the molecule is COc1cc(/C=N\NC(=O)c2ccc(O)cc2)ccc1OC(=O)c1ccccc1Cl. The Labute approximate surface area is 177 Å². The topological polar surface area (TPSA) is 97.2 Å². The molecule has 0 saturated heterocycles. The van der Waals surface area contributed by atoms with Gasteiger partial charge in [0.25, 0.3) is 5.91 Å². The summed E-state index contributed by atoms with van der Waals surface area (Å²) in [5, 5.41) is 13.4. The van der Waals surface area contributed by atoms with Crippen LogP contribution in [0.4, 0.5) is 0 Å². The van der Waals surface area contributed by atoms with Crippen LogP contribution in [0.2, 0.25) is 5.02 Å². The molecule has 0 radical (unpaired) electrons. The van der Waals surface area contributed by atoms with Gasteiger partial charge in [-0.05, 0) is 60.2 Å². The monoisotopic (exact) mass is 424 g/mol. The lowest BCUT2D eigenvalue weighted by atomic mass is 10.2. The molecule has 0 aromatic heterocycles. The van der Waals surface area contributed by atoms with Crippen LogP contribution in [-0.2, 0) is 0 Å². The van der Waals surface area contributed by atoms with Gasteiger partial charge in [0, 0.05) is 5.56 Å². The molecule has 0 aliphatic carbocycles. The van der Waals surface area contributed by atoms with E-state index in [9.17, 15) is 14.7 Å². The summed E-state index contributed by atoms with van der Waals surface area (Å²) in [4.78, 5) is 24.3. The Morgan fingerprint density at radius 1 is 1.03 bits per heavy atom. The number of ether oxygens (including phenoxy) is 2. The van der Waals surface area contributed by atoms with Crippen LogP contribution in [0.15, 0.2) is 71.8 Å². The number of halogens is 1. The van der Waals surface area contributed by atoms with Crippen LogP contribution < -0.4 is 14.9 Å². The molecule has 3 rings (SSSR count). The summed E-state index contributed by atoms with van der Waals surface area (Å²) in [5.41, 5.74) is 3.58. The number of hydrogen-bond acceptors (Lipinski definition) is 6. The second-order valence-corrected chi connectivity index (χ2v) is 6.43. The van der Waals surface area contributed by atoms with Gasteiger partial charge in [0.15, 0.2) is 11.5 Å². The molecule has 1 amide bonds. The van der Waals surface area contributed by atoms with Gasteiger partial charge in [-0.3, -0.25) is 4.79 Å². The zero-order chi connectivity index (χ0) is 21.5. The molecule has 0 heterocycles. The molecular formula is C22H17ClN2O5. The van der Waals surface area contributed by atoms with Crippen molar-refractivity contribution in [2.24, 2.45) is 5.10 Å². The average Bonchev–Trinajstić information content (AvgIpc) is 2.75. The highest BCUT2D eigenvalue weighted by atomic mass is 35.5. The maximum absolute atomic E-state index is 12.3. The summed E-state index contributed by atoms with van der Waals surface area (Å²) in [6, 6.07) is 17.1. The molecule has 0 fully saturated rings. The van der Waals surface area contributed by atoms with Crippen molar-refractivity contribution in [3.63, 3.8) is 0 Å². The van der Waals surface area contributed by atoms with Crippen LogP contribution in [0, 0.1) is 0 Å². The number of carbonyl (C=O) groups excluding carboxylic acids is 2. The highest BCUT2D eigenvalue weighted by Crippen LogP contribution is 2.29. The Hall–Kier alpha value is -3.84. The summed E-state index contributed by atoms with van der Waals surface area (Å²) < 4.78 is 10.7. The molecule has 0 atom stereocenters. The number of phenolic OH excluding ortho intramolecular Hbond substituents is 1. The number of benzene rings is 3. The minimum Gasteiger partial charge on any atom is -0.508 e. The Bertz CT molecular complexity index is 1100. The summed E-state index contributed by atoms with van der Waals surface area (Å²) >= 11 is 6.02. The van der Waals surface area contributed by atoms with Crippen molar-refractivity contribution >= 4 is 29.7 Å². The van der Waals surface area contributed by atoms with Gasteiger partial charge >= 0.3 is 5.97 Å². The van der Waals surface area contributed by atoms with Crippen LogP contribution in [-0.4, -0.2) is 30.3 Å². The van der Waals surface area contributed by atoms with E-state index < -0.39 is 11.9 Å². The minimum atomic E-state index is -0.610. The molecule has 3 aromatic rings. The molecule has 2 N–H and O–H groups in total. The van der Waals surface area contributed by atoms with Crippen molar-refractivity contribution in [2.45, 2.75) is 0 Å². The number of aromatic hydroxyl groups is 1. The van der Waals surface area contributed by atoms with Crippen molar-refractivity contribution in [1.29, 1.82) is 0 Å². The lowest BCUT2D eigenvalue weighted by Crippen LogP contribution is -2.17. The van der Waals surface area contributed by atoms with Gasteiger partial charge in [0.1, 0.15) is 5.75 Å². The molecule has 0 bridgehead atoms. The first-order valence-corrected chi connectivity index (χ1v) is 9.13. The standard InChI is InChI=1S/C22H17ClN2O5/c1-29-20-12-14(13-24-25-21(27)15-7-9-16(26)10-8-15)6-11-19(20)30-22(28)17-4-2-3-5-18(17)23/h2-13,26H,1H3,(H,25,27)/b24-13-. The van der Waals surface area contributed by atoms with E-state index in [-0.39, 0.29) is 22.1 Å². The fourth-order valence-corrected chi connectivity index (χ4v) is 2.69. The van der Waals surface area contributed by atoms with E-state index in [1.165, 1.54) is 37.6 Å². The van der Waals surface area contributed by atoms with Crippen molar-refractivity contribution in [2.75, 3.05) is 7.11 Å². The second kappa shape index (κ2) is 9.58. The van der Waals surface area contributed by atoms with Crippen molar-refractivity contribution in [3.05, 3.63) is 88.4 Å². The van der Waals surface area contributed by atoms with E-state index >= 15 is 0 Å². The van der Waals surface area contributed by atoms with E-state index in [1.54, 1.807) is 42.5 Å². The summed E-state index contributed by atoms with van der Waals surface area (Å²) in [5.74, 6) is -0.445. The molecule has 30 heavy (non-hydrogen) atoms. The van der Waals surface area contributed by atoms with Crippen LogP contribution in [0.5, 0.6) is 17.2 Å². The Kier molecular flexibility index (Phi) is 6.67. The maximum atomic E-state index is 12.3. The van der Waals surface area contributed by atoms with Gasteiger partial charge < -0.3 is 14.6 Å². The lowest BCUT2D eigenvalue weighted by molar-refractivity contribution is 0.0729. The van der Waals surface area contributed by atoms with Gasteiger partial charge in [-0.15, -0.1) is 0 Å². The predicted molar refractivity (Wildman–Crippen MR) is 113 cm³/mol. The summed E-state index contributed by atoms with van der Waals surface area (Å²) in [6.07, 6.45) is 1.42. The number of nitrogens with one attached hydrogen (secondary N) is 1. The third-order valence-corrected chi connectivity index (χ3v) is 4.32. The Morgan fingerprint density at radius 3 is 2.47 bits per heavy atom. The van der Waals surface area contributed by atoms with Crippen molar-refractivity contribution < 1.29 is 24.2 Å². The fourth-order valence-electron chi connectivity index (χ4n) is 2.47. The molecule has 7 nitrogen and oxygen atoms in total. The first-order valence-electron chi connectivity index (χ1n) is 8.75. The van der Waals surface area contributed by atoms with E-state index in [0.717, 1.165) is 0 Å². The van der Waals surface area contributed by atoms with Gasteiger partial charge in [-0.25, -0.2) is 10.2 Å². The molecule has 152 valence electrons. The van der Waals surface area contributed by atoms with Crippen LogP contribution in [0.25, 0.3) is 0 Å². The van der Waals surface area contributed by atoms with E-state index in [2.05, 4.69) is 10.5 Å². The van der Waals surface area contributed by atoms with Gasteiger partial charge in [0.2, 0.25) is 0 Å². The Morgan fingerprint density at radius 2 is 1.77 bits per heavy atom. The third kappa shape index (κ3) is 5.15. The van der Waals surface area contributed by atoms with Gasteiger partial charge in [0.05, 0.1) is 23.9 Å². The second-order valence-electron chi connectivity index (χ2n) is 6.03. The molecule has 0 spiro atoms. The average molecular weight is 425 g/mol. The van der Waals surface area contributed by atoms with E-state index in [4.69, 9.17) is 21.1 Å². The molecule has 0 saturated carbocycles. The third-order valence-electron chi connectivity index (χ3n) is 3.99. The maximum Gasteiger partial charge on any atom is 0.345 e. The summed E-state index contributed by atoms with van der Waals surface area (Å²) in [7, 11) is 1.44. The number of amides is 1. The van der Waals surface area contributed by atoms with Crippen LogP contribution >= 0.6 is 11.6 Å². The number of rotatable bonds is 6. The first-order chi connectivity index (χ1) is 14.5. The summed E-state index contributed by atoms with van der Waals surface area (Å²) in [6.45, 7) is 0. The molecule has 0 aliphatic rings. The Balaban J connectivity index is 1.68. The zero-order valence-corrected chi connectivity index (χ0v) is 16.6.